The predicted molar refractivity (Wildman–Crippen MR) is 107 cm³/mol. The molecular weight excluding hydrogens is 428 g/mol. The molecule has 11 heteroatoms. The SMILES string of the molecule is O=C(CCc1ccc(O)c(O)c1)c1c(O)cc(O[C@@H]2O[C@H](CO)[C@@H](O)[C@H](O)[C@H]2O)cc1O. The van der Waals surface area contributed by atoms with Crippen LogP contribution in [0.1, 0.15) is 22.3 Å². The van der Waals surface area contributed by atoms with Gasteiger partial charge in [-0.05, 0) is 24.1 Å². The maximum atomic E-state index is 12.5. The Morgan fingerprint density at radius 1 is 0.875 bits per heavy atom. The molecule has 0 aromatic heterocycles. The topological polar surface area (TPSA) is 197 Å². The molecule has 174 valence electrons. The Hall–Kier alpha value is -3.09. The molecule has 0 radical (unpaired) electrons. The van der Waals surface area contributed by atoms with Gasteiger partial charge in [-0.2, -0.15) is 0 Å². The molecule has 5 atom stereocenters. The summed E-state index contributed by atoms with van der Waals surface area (Å²) in [5, 5.41) is 78.2. The van der Waals surface area contributed by atoms with Crippen molar-refractivity contribution >= 4 is 5.78 Å². The van der Waals surface area contributed by atoms with Crippen molar-refractivity contribution in [2.75, 3.05) is 6.61 Å². The van der Waals surface area contributed by atoms with Crippen LogP contribution in [-0.4, -0.2) is 83.9 Å². The number of phenolic OH excluding ortho intramolecular Hbond substituents is 4. The minimum atomic E-state index is -1.69. The first kappa shape index (κ1) is 23.6. The molecule has 8 N–H and O–H groups in total. The summed E-state index contributed by atoms with van der Waals surface area (Å²) in [6.45, 7) is -0.659. The van der Waals surface area contributed by atoms with Crippen LogP contribution in [0.25, 0.3) is 0 Å². The number of aliphatic hydroxyl groups is 4. The molecule has 1 fully saturated rings. The van der Waals surface area contributed by atoms with Crippen molar-refractivity contribution in [3.05, 3.63) is 41.5 Å². The van der Waals surface area contributed by atoms with E-state index in [-0.39, 0.29) is 35.7 Å². The average molecular weight is 452 g/mol. The summed E-state index contributed by atoms with van der Waals surface area (Å²) >= 11 is 0. The van der Waals surface area contributed by atoms with Crippen LogP contribution < -0.4 is 4.74 Å². The third kappa shape index (κ3) is 4.87. The van der Waals surface area contributed by atoms with Gasteiger partial charge >= 0.3 is 0 Å². The van der Waals surface area contributed by atoms with Crippen LogP contribution in [0.3, 0.4) is 0 Å². The van der Waals surface area contributed by atoms with E-state index in [1.807, 2.05) is 0 Å². The zero-order valence-corrected chi connectivity index (χ0v) is 16.7. The van der Waals surface area contributed by atoms with Crippen LogP contribution in [0, 0.1) is 0 Å². The monoisotopic (exact) mass is 452 g/mol. The Morgan fingerprint density at radius 3 is 2.12 bits per heavy atom. The fourth-order valence-electron chi connectivity index (χ4n) is 3.35. The van der Waals surface area contributed by atoms with Crippen molar-refractivity contribution in [3.63, 3.8) is 0 Å². The van der Waals surface area contributed by atoms with Gasteiger partial charge in [-0.25, -0.2) is 0 Å². The highest BCUT2D eigenvalue weighted by molar-refractivity contribution is 6.01. The van der Waals surface area contributed by atoms with E-state index >= 15 is 0 Å². The summed E-state index contributed by atoms with van der Waals surface area (Å²) in [6, 6.07) is 6.08. The van der Waals surface area contributed by atoms with Gasteiger partial charge in [0, 0.05) is 18.6 Å². The molecule has 2 aromatic rings. The van der Waals surface area contributed by atoms with Crippen molar-refractivity contribution < 1.29 is 55.1 Å². The molecule has 1 heterocycles. The molecule has 1 saturated heterocycles. The van der Waals surface area contributed by atoms with Crippen molar-refractivity contribution in [1.29, 1.82) is 0 Å². The Bertz CT molecular complexity index is 951. The number of rotatable bonds is 7. The van der Waals surface area contributed by atoms with Crippen LogP contribution in [0.5, 0.6) is 28.7 Å². The van der Waals surface area contributed by atoms with E-state index in [0.29, 0.717) is 5.56 Å². The number of aromatic hydroxyl groups is 4. The van der Waals surface area contributed by atoms with Crippen molar-refractivity contribution in [2.45, 2.75) is 43.5 Å². The highest BCUT2D eigenvalue weighted by Gasteiger charge is 2.44. The highest BCUT2D eigenvalue weighted by Crippen LogP contribution is 2.35. The molecule has 0 amide bonds. The molecule has 0 spiro atoms. The molecule has 1 aliphatic rings. The normalized spacial score (nSPS) is 25.4. The quantitative estimate of drug-likeness (QED) is 0.199. The van der Waals surface area contributed by atoms with Gasteiger partial charge in [-0.1, -0.05) is 6.07 Å². The number of ketones is 1. The maximum absolute atomic E-state index is 12.5. The van der Waals surface area contributed by atoms with Crippen LogP contribution in [-0.2, 0) is 11.2 Å². The minimum absolute atomic E-state index is 0.127. The lowest BCUT2D eigenvalue weighted by atomic mass is 9.99. The largest absolute Gasteiger partial charge is 0.507 e. The lowest BCUT2D eigenvalue weighted by Gasteiger charge is -2.39. The summed E-state index contributed by atoms with van der Waals surface area (Å²) in [7, 11) is 0. The summed E-state index contributed by atoms with van der Waals surface area (Å²) in [4.78, 5) is 12.5. The fourth-order valence-corrected chi connectivity index (χ4v) is 3.35. The average Bonchev–Trinajstić information content (AvgIpc) is 2.74. The second-order valence-corrected chi connectivity index (χ2v) is 7.40. The van der Waals surface area contributed by atoms with Gasteiger partial charge in [0.2, 0.25) is 6.29 Å². The van der Waals surface area contributed by atoms with Crippen molar-refractivity contribution in [2.24, 2.45) is 0 Å². The minimum Gasteiger partial charge on any atom is -0.507 e. The van der Waals surface area contributed by atoms with Crippen LogP contribution in [0.4, 0.5) is 0 Å². The number of Topliss-reactive ketones (excluding diaryl/α,β-unsaturated/α-hetero) is 1. The number of aliphatic hydroxyl groups excluding tert-OH is 4. The summed E-state index contributed by atoms with van der Waals surface area (Å²) in [5.74, 6) is -2.66. The van der Waals surface area contributed by atoms with Gasteiger partial charge in [0.15, 0.2) is 17.3 Å². The van der Waals surface area contributed by atoms with Crippen LogP contribution in [0.2, 0.25) is 0 Å². The smallest absolute Gasteiger partial charge is 0.229 e. The zero-order chi connectivity index (χ0) is 23.6. The van der Waals surface area contributed by atoms with Crippen LogP contribution in [0.15, 0.2) is 30.3 Å². The predicted octanol–water partition coefficient (Wildman–Crippen LogP) is -0.497. The van der Waals surface area contributed by atoms with Crippen molar-refractivity contribution in [3.8, 4) is 28.7 Å². The van der Waals surface area contributed by atoms with E-state index in [1.54, 1.807) is 0 Å². The highest BCUT2D eigenvalue weighted by atomic mass is 16.7. The number of benzene rings is 2. The first-order chi connectivity index (χ1) is 15.1. The van der Waals surface area contributed by atoms with Gasteiger partial charge in [0.05, 0.1) is 6.61 Å². The Balaban J connectivity index is 1.71. The van der Waals surface area contributed by atoms with E-state index in [0.717, 1.165) is 12.1 Å². The molecule has 32 heavy (non-hydrogen) atoms. The standard InChI is InChI=1S/C21H24O11/c22-8-16-18(28)19(29)20(30)21(32-16)31-10-6-14(26)17(15(27)7-10)12(24)4-2-9-1-3-11(23)13(25)5-9/h1,3,5-7,16,18-23,25-30H,2,4,8H2/t16-,18-,19+,20-,21-/m1/s1. The third-order valence-electron chi connectivity index (χ3n) is 5.13. The third-order valence-corrected chi connectivity index (χ3v) is 5.13. The molecule has 0 bridgehead atoms. The number of carbonyl (C=O) groups excluding carboxylic acids is 1. The van der Waals surface area contributed by atoms with Gasteiger partial charge in [-0.3, -0.25) is 4.79 Å². The number of carbonyl (C=O) groups is 1. The first-order valence-electron chi connectivity index (χ1n) is 9.69. The van der Waals surface area contributed by atoms with Crippen LogP contribution >= 0.6 is 0 Å². The molecule has 2 aromatic carbocycles. The number of phenols is 4. The Morgan fingerprint density at radius 2 is 1.53 bits per heavy atom. The lowest BCUT2D eigenvalue weighted by Crippen LogP contribution is -2.60. The number of hydrogen-bond donors (Lipinski definition) is 8. The van der Waals surface area contributed by atoms with E-state index in [4.69, 9.17) is 9.47 Å². The van der Waals surface area contributed by atoms with Gasteiger partial charge < -0.3 is 50.3 Å². The number of aryl methyl sites for hydroxylation is 1. The second-order valence-electron chi connectivity index (χ2n) is 7.40. The fraction of sp³-hybridized carbons (Fsp3) is 0.381. The van der Waals surface area contributed by atoms with E-state index in [9.17, 15) is 45.6 Å². The molecule has 11 nitrogen and oxygen atoms in total. The van der Waals surface area contributed by atoms with Crippen molar-refractivity contribution in [1.82, 2.24) is 0 Å². The molecular formula is C21H24O11. The summed E-state index contributed by atoms with van der Waals surface area (Å²) in [5.41, 5.74) is 0.185. The van der Waals surface area contributed by atoms with Gasteiger partial charge in [0.25, 0.3) is 0 Å². The second kappa shape index (κ2) is 9.59. The first-order valence-corrected chi connectivity index (χ1v) is 9.69. The molecule has 3 rings (SSSR count). The molecule has 1 aliphatic heterocycles. The number of ether oxygens (including phenoxy) is 2. The van der Waals surface area contributed by atoms with E-state index in [1.165, 1.54) is 18.2 Å². The molecule has 0 saturated carbocycles. The Labute approximate surface area is 182 Å². The number of hydrogen-bond acceptors (Lipinski definition) is 11. The van der Waals surface area contributed by atoms with Gasteiger partial charge in [-0.15, -0.1) is 0 Å². The molecule has 0 aliphatic carbocycles. The molecule has 0 unspecified atom stereocenters. The van der Waals surface area contributed by atoms with E-state index in [2.05, 4.69) is 0 Å². The lowest BCUT2D eigenvalue weighted by molar-refractivity contribution is -0.277. The zero-order valence-electron chi connectivity index (χ0n) is 16.7. The summed E-state index contributed by atoms with van der Waals surface area (Å²) in [6.07, 6.45) is -7.65. The summed E-state index contributed by atoms with van der Waals surface area (Å²) < 4.78 is 10.5. The Kier molecular flexibility index (Phi) is 7.06. The van der Waals surface area contributed by atoms with Gasteiger partial charge in [0.1, 0.15) is 47.2 Å². The van der Waals surface area contributed by atoms with E-state index < -0.39 is 54.6 Å². The maximum Gasteiger partial charge on any atom is 0.229 e.